The van der Waals surface area contributed by atoms with Crippen molar-refractivity contribution < 1.29 is 9.59 Å². The van der Waals surface area contributed by atoms with Gasteiger partial charge in [-0.1, -0.05) is 58.0 Å². The number of thiocarbonyl (C=S) groups is 1. The minimum absolute atomic E-state index is 0.0756. The highest BCUT2D eigenvalue weighted by Crippen LogP contribution is 2.30. The molecular formula is C30H33N3O2S. The highest BCUT2D eigenvalue weighted by atomic mass is 32.1. The molecule has 0 saturated carbocycles. The number of anilines is 1. The van der Waals surface area contributed by atoms with Crippen molar-refractivity contribution in [1.29, 1.82) is 0 Å². The van der Waals surface area contributed by atoms with Gasteiger partial charge in [-0.2, -0.15) is 0 Å². The monoisotopic (exact) mass is 499 g/mol. The molecule has 4 rings (SSSR count). The van der Waals surface area contributed by atoms with E-state index in [1.807, 2.05) is 57.2 Å². The normalized spacial score (nSPS) is 15.8. The predicted molar refractivity (Wildman–Crippen MR) is 150 cm³/mol. The van der Waals surface area contributed by atoms with Gasteiger partial charge in [0.2, 0.25) is 0 Å². The van der Waals surface area contributed by atoms with Gasteiger partial charge >= 0.3 is 0 Å². The fourth-order valence-corrected chi connectivity index (χ4v) is 4.96. The van der Waals surface area contributed by atoms with E-state index in [4.69, 9.17) is 12.2 Å². The Kier molecular flexibility index (Phi) is 7.01. The molecular weight excluding hydrogens is 466 g/mol. The Morgan fingerprint density at radius 3 is 2.11 bits per heavy atom. The molecule has 36 heavy (non-hydrogen) atoms. The van der Waals surface area contributed by atoms with Gasteiger partial charge in [-0.05, 0) is 85.4 Å². The van der Waals surface area contributed by atoms with E-state index >= 15 is 0 Å². The first-order chi connectivity index (χ1) is 17.0. The number of para-hydroxylation sites is 1. The number of aryl methyl sites for hydroxylation is 1. The molecule has 1 aliphatic heterocycles. The molecule has 2 heterocycles. The first-order valence-corrected chi connectivity index (χ1v) is 12.7. The van der Waals surface area contributed by atoms with Gasteiger partial charge in [0.25, 0.3) is 11.8 Å². The van der Waals surface area contributed by atoms with Crippen molar-refractivity contribution in [2.45, 2.75) is 53.4 Å². The van der Waals surface area contributed by atoms with E-state index in [1.54, 1.807) is 6.08 Å². The molecule has 2 amide bonds. The molecule has 0 bridgehead atoms. The summed E-state index contributed by atoms with van der Waals surface area (Å²) in [6, 6.07) is 19.8. The van der Waals surface area contributed by atoms with E-state index < -0.39 is 5.91 Å². The second-order valence-electron chi connectivity index (χ2n) is 10.2. The molecule has 0 radical (unpaired) electrons. The lowest BCUT2D eigenvalue weighted by atomic mass is 9.87. The van der Waals surface area contributed by atoms with Crippen LogP contribution in [0.2, 0.25) is 0 Å². The average Bonchev–Trinajstić information content (AvgIpc) is 3.12. The van der Waals surface area contributed by atoms with Gasteiger partial charge in [-0.15, -0.1) is 0 Å². The van der Waals surface area contributed by atoms with E-state index in [0.29, 0.717) is 12.2 Å². The average molecular weight is 500 g/mol. The van der Waals surface area contributed by atoms with Crippen LogP contribution in [0, 0.1) is 13.8 Å². The molecule has 6 heteroatoms. The number of aromatic nitrogens is 1. The lowest BCUT2D eigenvalue weighted by Gasteiger charge is -2.36. The summed E-state index contributed by atoms with van der Waals surface area (Å²) in [5.41, 5.74) is 5.98. The third-order valence-corrected chi connectivity index (χ3v) is 6.96. The number of benzene rings is 2. The van der Waals surface area contributed by atoms with Gasteiger partial charge < -0.3 is 4.57 Å². The van der Waals surface area contributed by atoms with Crippen LogP contribution >= 0.6 is 12.2 Å². The molecule has 1 aromatic heterocycles. The van der Waals surface area contributed by atoms with E-state index in [-0.39, 0.29) is 22.0 Å². The number of rotatable bonds is 5. The van der Waals surface area contributed by atoms with Crippen molar-refractivity contribution in [3.05, 3.63) is 88.8 Å². The van der Waals surface area contributed by atoms with Crippen LogP contribution in [0.15, 0.2) is 66.2 Å². The molecule has 5 nitrogen and oxygen atoms in total. The van der Waals surface area contributed by atoms with Gasteiger partial charge in [-0.3, -0.25) is 19.4 Å². The maximum Gasteiger partial charge on any atom is 0.270 e. The largest absolute Gasteiger partial charge is 0.318 e. The molecule has 1 aliphatic rings. The lowest BCUT2D eigenvalue weighted by Crippen LogP contribution is -2.56. The lowest BCUT2D eigenvalue weighted by molar-refractivity contribution is -0.127. The second-order valence-corrected chi connectivity index (χ2v) is 10.6. The standard InChI is InChI=1S/C30H33N3O2S/c1-7-17-31-27(34)26(28(35)33(29(31)36)24-11-9-8-10-12-24)19-22-18-20(2)32(21(22)3)25-15-13-23(14-16-25)30(4,5)6/h8-16,18-19H,7,17H2,1-6H3/b26-19+. The van der Waals surface area contributed by atoms with Crippen LogP contribution < -0.4 is 4.90 Å². The minimum Gasteiger partial charge on any atom is -0.318 e. The van der Waals surface area contributed by atoms with Crippen LogP contribution in [0.3, 0.4) is 0 Å². The molecule has 2 aromatic carbocycles. The van der Waals surface area contributed by atoms with Crippen LogP contribution in [-0.2, 0) is 15.0 Å². The summed E-state index contributed by atoms with van der Waals surface area (Å²) in [5, 5.41) is 0.222. The summed E-state index contributed by atoms with van der Waals surface area (Å²) in [6.07, 6.45) is 2.45. The zero-order valence-electron chi connectivity index (χ0n) is 21.8. The number of hydrogen-bond donors (Lipinski definition) is 0. The topological polar surface area (TPSA) is 45.6 Å². The highest BCUT2D eigenvalue weighted by Gasteiger charge is 2.40. The summed E-state index contributed by atoms with van der Waals surface area (Å²) < 4.78 is 2.15. The van der Waals surface area contributed by atoms with Crippen molar-refractivity contribution in [3.63, 3.8) is 0 Å². The summed E-state index contributed by atoms with van der Waals surface area (Å²) in [7, 11) is 0. The van der Waals surface area contributed by atoms with Crippen molar-refractivity contribution in [1.82, 2.24) is 9.47 Å². The first kappa shape index (κ1) is 25.6. The van der Waals surface area contributed by atoms with Crippen molar-refractivity contribution in [3.8, 4) is 5.69 Å². The molecule has 1 saturated heterocycles. The van der Waals surface area contributed by atoms with Crippen LogP contribution in [0.4, 0.5) is 5.69 Å². The number of nitrogens with zero attached hydrogens (tertiary/aromatic N) is 3. The van der Waals surface area contributed by atoms with E-state index in [1.165, 1.54) is 15.4 Å². The Hall–Kier alpha value is -3.51. The van der Waals surface area contributed by atoms with Gasteiger partial charge in [-0.25, -0.2) is 0 Å². The van der Waals surface area contributed by atoms with E-state index in [9.17, 15) is 9.59 Å². The first-order valence-electron chi connectivity index (χ1n) is 12.3. The van der Waals surface area contributed by atoms with Crippen molar-refractivity contribution in [2.75, 3.05) is 11.4 Å². The van der Waals surface area contributed by atoms with Gasteiger partial charge in [0, 0.05) is 23.6 Å². The van der Waals surface area contributed by atoms with E-state index in [0.717, 1.165) is 29.1 Å². The minimum atomic E-state index is -0.400. The number of hydrogen-bond acceptors (Lipinski definition) is 3. The fourth-order valence-electron chi connectivity index (χ4n) is 4.60. The van der Waals surface area contributed by atoms with Gasteiger partial charge in [0.05, 0.1) is 5.69 Å². The van der Waals surface area contributed by atoms with E-state index in [2.05, 4.69) is 49.6 Å². The fraction of sp³-hybridized carbons (Fsp3) is 0.300. The Labute approximate surface area is 219 Å². The molecule has 1 fully saturated rings. The van der Waals surface area contributed by atoms with Crippen LogP contribution in [0.1, 0.15) is 56.6 Å². The molecule has 186 valence electrons. The molecule has 0 aliphatic carbocycles. The Morgan fingerprint density at radius 2 is 1.53 bits per heavy atom. The Balaban J connectivity index is 1.78. The number of amides is 2. The third kappa shape index (κ3) is 4.65. The maximum absolute atomic E-state index is 13.6. The SMILES string of the molecule is CCCN1C(=O)/C(=C\c2cc(C)n(-c3ccc(C(C)(C)C)cc3)c2C)C(=O)N(c2ccccc2)C1=S. The molecule has 0 N–H and O–H groups in total. The zero-order chi connectivity index (χ0) is 26.2. The summed E-state index contributed by atoms with van der Waals surface area (Å²) in [5.74, 6) is -0.749. The van der Waals surface area contributed by atoms with Crippen LogP contribution in [0.5, 0.6) is 0 Å². The predicted octanol–water partition coefficient (Wildman–Crippen LogP) is 6.35. The Morgan fingerprint density at radius 1 is 0.889 bits per heavy atom. The number of carbonyl (C=O) groups is 2. The smallest absolute Gasteiger partial charge is 0.270 e. The summed E-state index contributed by atoms with van der Waals surface area (Å²) in [4.78, 5) is 30.0. The summed E-state index contributed by atoms with van der Waals surface area (Å²) in [6.45, 7) is 13.1. The zero-order valence-corrected chi connectivity index (χ0v) is 22.6. The van der Waals surface area contributed by atoms with Crippen LogP contribution in [0.25, 0.3) is 11.8 Å². The van der Waals surface area contributed by atoms with Crippen molar-refractivity contribution >= 4 is 40.9 Å². The maximum atomic E-state index is 13.6. The number of carbonyl (C=O) groups excluding carboxylic acids is 2. The molecule has 0 atom stereocenters. The second kappa shape index (κ2) is 9.86. The Bertz CT molecular complexity index is 1350. The van der Waals surface area contributed by atoms with Crippen LogP contribution in [-0.4, -0.2) is 32.9 Å². The summed E-state index contributed by atoms with van der Waals surface area (Å²) >= 11 is 5.60. The molecule has 0 spiro atoms. The van der Waals surface area contributed by atoms with Gasteiger partial charge in [0.1, 0.15) is 5.57 Å². The quantitative estimate of drug-likeness (QED) is 0.234. The molecule has 0 unspecified atom stereocenters. The highest BCUT2D eigenvalue weighted by molar-refractivity contribution is 7.80. The van der Waals surface area contributed by atoms with Crippen molar-refractivity contribution in [2.24, 2.45) is 0 Å². The van der Waals surface area contributed by atoms with Gasteiger partial charge in [0.15, 0.2) is 5.11 Å². The third-order valence-electron chi connectivity index (χ3n) is 6.55. The molecule has 3 aromatic rings.